The maximum absolute atomic E-state index is 13.4. The molecule has 2 unspecified atom stereocenters. The summed E-state index contributed by atoms with van der Waals surface area (Å²) in [4.78, 5) is 34.0. The molecule has 1 aromatic heterocycles. The Hall–Kier alpha value is -3.00. The summed E-state index contributed by atoms with van der Waals surface area (Å²) < 4.78 is 9.79. The van der Waals surface area contributed by atoms with E-state index in [0.29, 0.717) is 18.3 Å². The molecule has 5 rings (SSSR count). The minimum absolute atomic E-state index is 0.163. The summed E-state index contributed by atoms with van der Waals surface area (Å²) in [6.07, 6.45) is 4.22. The molecule has 156 valence electrons. The Morgan fingerprint density at radius 3 is 2.83 bits per heavy atom. The van der Waals surface area contributed by atoms with Gasteiger partial charge in [-0.3, -0.25) is 14.6 Å². The Labute approximate surface area is 175 Å². The van der Waals surface area contributed by atoms with Crippen molar-refractivity contribution in [3.8, 4) is 0 Å². The Balaban J connectivity index is 1.48. The van der Waals surface area contributed by atoms with E-state index in [9.17, 15) is 9.59 Å². The van der Waals surface area contributed by atoms with Crippen molar-refractivity contribution >= 4 is 23.7 Å². The van der Waals surface area contributed by atoms with E-state index in [1.54, 1.807) is 7.05 Å². The van der Waals surface area contributed by atoms with E-state index in [2.05, 4.69) is 4.57 Å². The smallest absolute Gasteiger partial charge is 0.375 e. The molecule has 0 saturated carbocycles. The van der Waals surface area contributed by atoms with Crippen molar-refractivity contribution in [1.82, 2.24) is 14.4 Å². The minimum atomic E-state index is -0.614. The van der Waals surface area contributed by atoms with Gasteiger partial charge in [0.05, 0.1) is 19.2 Å². The monoisotopic (exact) mass is 408 g/mol. The Kier molecular flexibility index (Phi) is 4.47. The number of aliphatic imine (C=N–C) groups is 1. The molecule has 2 fully saturated rings. The van der Waals surface area contributed by atoms with Crippen LogP contribution in [0.25, 0.3) is 0 Å². The highest BCUT2D eigenvalue weighted by Gasteiger charge is 2.53. The number of imidazole rings is 1. The molecular weight excluding hydrogens is 382 g/mol. The predicted octanol–water partition coefficient (Wildman–Crippen LogP) is 2.25. The van der Waals surface area contributed by atoms with E-state index >= 15 is 0 Å². The van der Waals surface area contributed by atoms with Gasteiger partial charge in [-0.1, -0.05) is 34.8 Å². The first-order valence-corrected chi connectivity index (χ1v) is 10.4. The Morgan fingerprint density at radius 2 is 2.10 bits per heavy atom. The number of aryl methyl sites for hydroxylation is 2. The molecule has 30 heavy (non-hydrogen) atoms. The molecule has 2 aromatic rings. The van der Waals surface area contributed by atoms with E-state index in [4.69, 9.17) is 9.73 Å². The van der Waals surface area contributed by atoms with E-state index in [-0.39, 0.29) is 24.6 Å². The van der Waals surface area contributed by atoms with Crippen molar-refractivity contribution in [2.24, 2.45) is 4.99 Å². The summed E-state index contributed by atoms with van der Waals surface area (Å²) in [5.41, 5.74) is 3.06. The highest BCUT2D eigenvalue weighted by Crippen LogP contribution is 2.30. The van der Waals surface area contributed by atoms with E-state index < -0.39 is 6.04 Å². The largest absolute Gasteiger partial charge is 0.402 e. The number of amides is 3. The molecule has 0 radical (unpaired) electrons. The van der Waals surface area contributed by atoms with Gasteiger partial charge < -0.3 is 4.74 Å². The second kappa shape index (κ2) is 7.05. The highest BCUT2D eigenvalue weighted by molar-refractivity contribution is 6.19. The molecule has 0 aliphatic carbocycles. The fourth-order valence-electron chi connectivity index (χ4n) is 4.59. The molecule has 0 bridgehead atoms. The van der Waals surface area contributed by atoms with Gasteiger partial charge in [-0.15, -0.1) is 0 Å². The molecule has 3 aliphatic heterocycles. The van der Waals surface area contributed by atoms with Gasteiger partial charge >= 0.3 is 12.0 Å². The van der Waals surface area contributed by atoms with Crippen molar-refractivity contribution in [2.75, 3.05) is 13.7 Å². The van der Waals surface area contributed by atoms with Gasteiger partial charge in [0.2, 0.25) is 11.9 Å². The zero-order chi connectivity index (χ0) is 21.0. The molecular formula is C22H26N5O3+. The molecule has 0 spiro atoms. The molecule has 0 N–H and O–H groups in total. The summed E-state index contributed by atoms with van der Waals surface area (Å²) in [5, 5.41) is 0. The van der Waals surface area contributed by atoms with Crippen LogP contribution in [0.5, 0.6) is 0 Å². The first-order chi connectivity index (χ1) is 14.4. The third-order valence-corrected chi connectivity index (χ3v) is 6.16. The minimum Gasteiger partial charge on any atom is -0.375 e. The van der Waals surface area contributed by atoms with Crippen molar-refractivity contribution < 1.29 is 18.9 Å². The number of rotatable bonds is 4. The molecule has 2 atom stereocenters. The van der Waals surface area contributed by atoms with Crippen LogP contribution in [0.15, 0.2) is 35.5 Å². The number of fused-ring (bicyclic) bond motifs is 3. The Morgan fingerprint density at radius 1 is 1.27 bits per heavy atom. The lowest BCUT2D eigenvalue weighted by molar-refractivity contribution is -0.677. The number of aromatic nitrogens is 2. The SMILES string of the molecule is Cc1cccc(CN2C(=O)C3C(=Nc4n(CC5CCCO5)c(C)c[n+]43)N(C)C2=O)c1. The zero-order valence-electron chi connectivity index (χ0n) is 17.5. The van der Waals surface area contributed by atoms with Crippen molar-refractivity contribution in [2.45, 2.75) is 51.9 Å². The number of likely N-dealkylation sites (N-methyl/N-ethyl adjacent to an activating group) is 1. The number of imide groups is 1. The van der Waals surface area contributed by atoms with Gasteiger partial charge in [0.1, 0.15) is 11.9 Å². The van der Waals surface area contributed by atoms with Crippen LogP contribution in [0, 0.1) is 13.8 Å². The van der Waals surface area contributed by atoms with E-state index in [1.165, 1.54) is 9.80 Å². The van der Waals surface area contributed by atoms with Crippen LogP contribution in [0.3, 0.4) is 0 Å². The molecule has 8 heteroatoms. The summed E-state index contributed by atoms with van der Waals surface area (Å²) in [5.74, 6) is 0.950. The molecule has 4 heterocycles. The van der Waals surface area contributed by atoms with Gasteiger partial charge in [-0.05, 0) is 32.3 Å². The van der Waals surface area contributed by atoms with Crippen LogP contribution in [0.4, 0.5) is 10.7 Å². The summed E-state index contributed by atoms with van der Waals surface area (Å²) in [7, 11) is 1.69. The molecule has 3 aliphatic rings. The normalized spacial score (nSPS) is 23.1. The topological polar surface area (TPSA) is 71.0 Å². The summed E-state index contributed by atoms with van der Waals surface area (Å²) in [6.45, 7) is 5.76. The van der Waals surface area contributed by atoms with Crippen LogP contribution in [-0.4, -0.2) is 51.9 Å². The van der Waals surface area contributed by atoms with Crippen LogP contribution in [0.1, 0.15) is 35.7 Å². The first-order valence-electron chi connectivity index (χ1n) is 10.4. The van der Waals surface area contributed by atoms with Crippen LogP contribution >= 0.6 is 0 Å². The Bertz CT molecular complexity index is 1070. The number of hydrogen-bond donors (Lipinski definition) is 0. The van der Waals surface area contributed by atoms with Crippen LogP contribution < -0.4 is 4.57 Å². The summed E-state index contributed by atoms with van der Waals surface area (Å²) in [6, 6.07) is 6.92. The van der Waals surface area contributed by atoms with Gasteiger partial charge in [-0.25, -0.2) is 13.9 Å². The van der Waals surface area contributed by atoms with E-state index in [0.717, 1.165) is 36.3 Å². The average Bonchev–Trinajstić information content (AvgIpc) is 3.42. The van der Waals surface area contributed by atoms with Gasteiger partial charge in [-0.2, -0.15) is 0 Å². The number of nitrogens with zero attached hydrogens (tertiary/aromatic N) is 5. The van der Waals surface area contributed by atoms with Gasteiger partial charge in [0.15, 0.2) is 0 Å². The highest BCUT2D eigenvalue weighted by atomic mass is 16.5. The molecule has 8 nitrogen and oxygen atoms in total. The lowest BCUT2D eigenvalue weighted by atomic mass is 10.1. The third-order valence-electron chi connectivity index (χ3n) is 6.16. The fraction of sp³-hybridized carbons (Fsp3) is 0.455. The van der Waals surface area contributed by atoms with Crippen molar-refractivity contribution in [3.63, 3.8) is 0 Å². The number of carbonyl (C=O) groups is 2. The van der Waals surface area contributed by atoms with Gasteiger partial charge in [0.25, 0.3) is 5.91 Å². The lowest BCUT2D eigenvalue weighted by Crippen LogP contribution is -2.62. The number of hydrogen-bond acceptors (Lipinski definition) is 4. The van der Waals surface area contributed by atoms with Crippen LogP contribution in [0.2, 0.25) is 0 Å². The fourth-order valence-corrected chi connectivity index (χ4v) is 4.59. The predicted molar refractivity (Wildman–Crippen MR) is 109 cm³/mol. The average molecular weight is 408 g/mol. The standard InChI is InChI=1S/C22H26N5O3/c1-14-6-4-7-16(10-14)12-27-20(28)18-19(24(3)22(27)29)23-21-25(15(2)11-26(18)21)13-17-8-5-9-30-17/h4,6-7,10-11,17-18H,5,8-9,12-13H2,1-3H3/q+1. The number of carbonyl (C=O) groups excluding carboxylic acids is 2. The number of benzene rings is 1. The second-order valence-electron chi connectivity index (χ2n) is 8.35. The quantitative estimate of drug-likeness (QED) is 0.729. The maximum atomic E-state index is 13.4. The third kappa shape index (κ3) is 2.94. The number of urea groups is 1. The molecule has 1 aromatic carbocycles. The maximum Gasteiger partial charge on any atom is 0.402 e. The van der Waals surface area contributed by atoms with Crippen LogP contribution in [-0.2, 0) is 22.6 Å². The second-order valence-corrected chi connectivity index (χ2v) is 8.35. The van der Waals surface area contributed by atoms with Gasteiger partial charge in [0, 0.05) is 13.7 Å². The number of amidine groups is 1. The molecule has 2 saturated heterocycles. The van der Waals surface area contributed by atoms with E-state index in [1.807, 2.05) is 48.9 Å². The first kappa shape index (κ1) is 19.0. The van der Waals surface area contributed by atoms with Crippen molar-refractivity contribution in [3.05, 3.63) is 47.3 Å². The molecule has 3 amide bonds. The summed E-state index contributed by atoms with van der Waals surface area (Å²) >= 11 is 0. The zero-order valence-corrected chi connectivity index (χ0v) is 17.5. The number of ether oxygens (including phenoxy) is 1. The lowest BCUT2D eigenvalue weighted by Gasteiger charge is -2.33. The van der Waals surface area contributed by atoms with Crippen molar-refractivity contribution in [1.29, 1.82) is 0 Å².